The highest BCUT2D eigenvalue weighted by Crippen LogP contribution is 2.26. The molecule has 0 atom stereocenters. The number of hydrogen-bond donors (Lipinski definition) is 2. The van der Waals surface area contributed by atoms with E-state index in [-0.39, 0.29) is 24.4 Å². The van der Waals surface area contributed by atoms with E-state index in [9.17, 15) is 9.59 Å². The fourth-order valence-electron chi connectivity index (χ4n) is 3.72. The minimum Gasteiger partial charge on any atom is -0.358 e. The summed E-state index contributed by atoms with van der Waals surface area (Å²) in [6, 6.07) is 9.65. The number of fused-ring (bicyclic) bond motifs is 2. The number of rotatable bonds is 5. The summed E-state index contributed by atoms with van der Waals surface area (Å²) in [7, 11) is 0. The number of carbonyl (C=O) groups is 1. The molecule has 0 spiro atoms. The molecule has 6 nitrogen and oxygen atoms in total. The van der Waals surface area contributed by atoms with Crippen molar-refractivity contribution in [3.8, 4) is 0 Å². The number of hydrogen-bond acceptors (Lipinski definition) is 3. The van der Waals surface area contributed by atoms with E-state index in [0.717, 1.165) is 26.8 Å². The zero-order chi connectivity index (χ0) is 21.4. The van der Waals surface area contributed by atoms with Crippen molar-refractivity contribution < 1.29 is 4.79 Å². The average molecular weight is 467 g/mol. The second-order valence-corrected chi connectivity index (χ2v) is 8.57. The van der Waals surface area contributed by atoms with Gasteiger partial charge in [0.25, 0.3) is 5.56 Å². The van der Waals surface area contributed by atoms with Gasteiger partial charge in [-0.1, -0.05) is 27.6 Å². The molecule has 0 aliphatic rings. The smallest absolute Gasteiger partial charge is 0.261 e. The molecular weight excluding hydrogens is 444 g/mol. The van der Waals surface area contributed by atoms with E-state index in [1.54, 1.807) is 12.1 Å². The monoisotopic (exact) mass is 466 g/mol. The predicted octanol–water partition coefficient (Wildman–Crippen LogP) is 4.27. The Labute approximate surface area is 182 Å². The maximum Gasteiger partial charge on any atom is 0.261 e. The number of nitrogens with one attached hydrogen (secondary N) is 2. The molecule has 0 unspecified atom stereocenters. The summed E-state index contributed by atoms with van der Waals surface area (Å²) in [6.45, 7) is 6.94. The average Bonchev–Trinajstić information content (AvgIpc) is 3.00. The van der Waals surface area contributed by atoms with Crippen LogP contribution in [-0.2, 0) is 17.9 Å². The fraction of sp³-hybridized carbons (Fsp3) is 0.261. The summed E-state index contributed by atoms with van der Waals surface area (Å²) in [4.78, 5) is 32.8. The molecule has 30 heavy (non-hydrogen) atoms. The van der Waals surface area contributed by atoms with Crippen LogP contribution < -0.4 is 10.9 Å². The van der Waals surface area contributed by atoms with Crippen LogP contribution in [0.2, 0.25) is 0 Å². The molecule has 0 saturated carbocycles. The molecule has 154 valence electrons. The van der Waals surface area contributed by atoms with Gasteiger partial charge in [0.2, 0.25) is 5.91 Å². The minimum absolute atomic E-state index is 0.106. The van der Waals surface area contributed by atoms with Gasteiger partial charge in [0, 0.05) is 35.1 Å². The van der Waals surface area contributed by atoms with Crippen LogP contribution in [0.5, 0.6) is 0 Å². The van der Waals surface area contributed by atoms with Crippen LogP contribution in [0.3, 0.4) is 0 Å². The Morgan fingerprint density at radius 2 is 1.97 bits per heavy atom. The SMILES string of the molecule is Cc1cc(CNC(=O)CCn2cnc3ccc(Br)cc3c2=O)c2[nH]c(C)c(C)c2c1. The van der Waals surface area contributed by atoms with Crippen molar-refractivity contribution in [1.82, 2.24) is 19.9 Å². The molecule has 2 aromatic heterocycles. The number of benzene rings is 2. The first-order chi connectivity index (χ1) is 14.3. The molecule has 0 fully saturated rings. The zero-order valence-electron chi connectivity index (χ0n) is 17.2. The van der Waals surface area contributed by atoms with Crippen molar-refractivity contribution in [2.45, 2.75) is 40.3 Å². The van der Waals surface area contributed by atoms with Crippen molar-refractivity contribution >= 4 is 43.6 Å². The van der Waals surface area contributed by atoms with Gasteiger partial charge in [0.05, 0.1) is 22.7 Å². The molecule has 4 aromatic rings. The molecule has 1 amide bonds. The number of halogens is 1. The van der Waals surface area contributed by atoms with Crippen molar-refractivity contribution in [3.05, 3.63) is 73.9 Å². The van der Waals surface area contributed by atoms with Crippen LogP contribution in [-0.4, -0.2) is 20.4 Å². The molecule has 0 aliphatic carbocycles. The molecular formula is C23H23BrN4O2. The molecule has 2 N–H and O–H groups in total. The van der Waals surface area contributed by atoms with Crippen molar-refractivity contribution in [2.75, 3.05) is 0 Å². The number of carbonyl (C=O) groups excluding carboxylic acids is 1. The van der Waals surface area contributed by atoms with Crippen LogP contribution in [0.4, 0.5) is 0 Å². The second kappa shape index (κ2) is 8.07. The van der Waals surface area contributed by atoms with Gasteiger partial charge in [-0.05, 0) is 56.2 Å². The molecule has 0 bridgehead atoms. The number of aromatic nitrogens is 3. The van der Waals surface area contributed by atoms with Crippen LogP contribution in [0, 0.1) is 20.8 Å². The van der Waals surface area contributed by atoms with Gasteiger partial charge in [-0.2, -0.15) is 0 Å². The standard InChI is InChI=1S/C23H23BrN4O2/c1-13-8-16(22-18(9-13)14(2)15(3)27-22)11-25-21(29)6-7-28-12-26-20-5-4-17(24)10-19(20)23(28)30/h4-5,8-10,12,27H,6-7,11H2,1-3H3,(H,25,29). The number of aryl methyl sites for hydroxylation is 4. The Morgan fingerprint density at radius 3 is 2.77 bits per heavy atom. The minimum atomic E-state index is -0.146. The largest absolute Gasteiger partial charge is 0.358 e. The summed E-state index contributed by atoms with van der Waals surface area (Å²) >= 11 is 3.38. The Kier molecular flexibility index (Phi) is 5.47. The summed E-state index contributed by atoms with van der Waals surface area (Å²) in [5.41, 5.74) is 6.15. The maximum absolute atomic E-state index is 12.7. The summed E-state index contributed by atoms with van der Waals surface area (Å²) in [5, 5.41) is 4.71. The molecule has 0 aliphatic heterocycles. The first-order valence-corrected chi connectivity index (χ1v) is 10.6. The van der Waals surface area contributed by atoms with Crippen LogP contribution in [0.1, 0.15) is 28.8 Å². The predicted molar refractivity (Wildman–Crippen MR) is 123 cm³/mol. The van der Waals surface area contributed by atoms with E-state index < -0.39 is 0 Å². The second-order valence-electron chi connectivity index (χ2n) is 7.65. The van der Waals surface area contributed by atoms with Gasteiger partial charge in [-0.3, -0.25) is 14.2 Å². The van der Waals surface area contributed by atoms with Crippen LogP contribution in [0.15, 0.2) is 45.9 Å². The Hall–Kier alpha value is -2.93. The van der Waals surface area contributed by atoms with Crippen molar-refractivity contribution in [1.29, 1.82) is 0 Å². The molecule has 4 rings (SSSR count). The van der Waals surface area contributed by atoms with E-state index in [2.05, 4.69) is 64.1 Å². The molecule has 7 heteroatoms. The topological polar surface area (TPSA) is 79.8 Å². The Balaban J connectivity index is 1.46. The van der Waals surface area contributed by atoms with E-state index in [0.29, 0.717) is 17.4 Å². The fourth-order valence-corrected chi connectivity index (χ4v) is 4.08. The lowest BCUT2D eigenvalue weighted by Gasteiger charge is -2.10. The van der Waals surface area contributed by atoms with E-state index >= 15 is 0 Å². The van der Waals surface area contributed by atoms with Gasteiger partial charge in [-0.15, -0.1) is 0 Å². The molecule has 2 aromatic carbocycles. The normalized spacial score (nSPS) is 11.3. The van der Waals surface area contributed by atoms with E-state index in [4.69, 9.17) is 0 Å². The third-order valence-corrected chi connectivity index (χ3v) is 5.98. The Morgan fingerprint density at radius 1 is 1.17 bits per heavy atom. The summed E-state index contributed by atoms with van der Waals surface area (Å²) < 4.78 is 2.31. The maximum atomic E-state index is 12.7. The third kappa shape index (κ3) is 3.89. The van der Waals surface area contributed by atoms with E-state index in [1.807, 2.05) is 6.07 Å². The lowest BCUT2D eigenvalue weighted by atomic mass is 10.0. The van der Waals surface area contributed by atoms with Crippen molar-refractivity contribution in [2.24, 2.45) is 0 Å². The molecule has 0 radical (unpaired) electrons. The highest BCUT2D eigenvalue weighted by atomic mass is 79.9. The highest BCUT2D eigenvalue weighted by molar-refractivity contribution is 9.10. The summed E-state index contributed by atoms with van der Waals surface area (Å²) in [6.07, 6.45) is 1.71. The van der Waals surface area contributed by atoms with Gasteiger partial charge >= 0.3 is 0 Å². The van der Waals surface area contributed by atoms with Gasteiger partial charge in [0.1, 0.15) is 0 Å². The number of nitrogens with zero attached hydrogens (tertiary/aromatic N) is 2. The first kappa shape index (κ1) is 20.3. The number of amides is 1. The van der Waals surface area contributed by atoms with Gasteiger partial charge in [0.15, 0.2) is 0 Å². The molecule has 0 saturated heterocycles. The lowest BCUT2D eigenvalue weighted by molar-refractivity contribution is -0.121. The molecule has 2 heterocycles. The number of H-pyrrole nitrogens is 1. The Bertz CT molecular complexity index is 1340. The van der Waals surface area contributed by atoms with Crippen LogP contribution in [0.25, 0.3) is 21.8 Å². The first-order valence-electron chi connectivity index (χ1n) is 9.83. The lowest BCUT2D eigenvalue weighted by Crippen LogP contribution is -2.27. The van der Waals surface area contributed by atoms with Crippen LogP contribution >= 0.6 is 15.9 Å². The third-order valence-electron chi connectivity index (χ3n) is 5.49. The van der Waals surface area contributed by atoms with Crippen molar-refractivity contribution in [3.63, 3.8) is 0 Å². The quantitative estimate of drug-likeness (QED) is 0.460. The van der Waals surface area contributed by atoms with E-state index in [1.165, 1.54) is 21.8 Å². The summed E-state index contributed by atoms with van der Waals surface area (Å²) in [5.74, 6) is -0.106. The van der Waals surface area contributed by atoms with Gasteiger partial charge in [-0.25, -0.2) is 4.98 Å². The zero-order valence-corrected chi connectivity index (χ0v) is 18.8. The van der Waals surface area contributed by atoms with Gasteiger partial charge < -0.3 is 10.3 Å². The highest BCUT2D eigenvalue weighted by Gasteiger charge is 2.11. The number of aromatic amines is 1.